The first-order valence-electron chi connectivity index (χ1n) is 6.31. The number of carbonyl (C=O) groups excluding carboxylic acids is 1. The Hall–Kier alpha value is -1.05. The van der Waals surface area contributed by atoms with E-state index in [1.807, 2.05) is 6.92 Å². The van der Waals surface area contributed by atoms with E-state index in [0.717, 1.165) is 29.1 Å². The van der Waals surface area contributed by atoms with Crippen molar-refractivity contribution in [3.05, 3.63) is 23.3 Å². The molecule has 1 fully saturated rings. The minimum atomic E-state index is -3.77. The summed E-state index contributed by atoms with van der Waals surface area (Å²) in [5.41, 5.74) is 2.17. The summed E-state index contributed by atoms with van der Waals surface area (Å²) in [6.07, 6.45) is 0.864. The summed E-state index contributed by atoms with van der Waals surface area (Å²) < 4.78 is 22.9. The summed E-state index contributed by atoms with van der Waals surface area (Å²) >= 11 is 1.76. The van der Waals surface area contributed by atoms with Crippen LogP contribution in [0.3, 0.4) is 0 Å². The number of rotatable bonds is 3. The highest BCUT2D eigenvalue weighted by Crippen LogP contribution is 2.27. The first-order chi connectivity index (χ1) is 9.29. The number of amides is 1. The van der Waals surface area contributed by atoms with E-state index >= 15 is 0 Å². The van der Waals surface area contributed by atoms with Crippen LogP contribution in [0.25, 0.3) is 0 Å². The molecule has 1 amide bonds. The predicted octanol–water partition coefficient (Wildman–Crippen LogP) is 1.64. The highest BCUT2D eigenvalue weighted by atomic mass is 32.2. The second-order valence-corrected chi connectivity index (χ2v) is 7.72. The highest BCUT2D eigenvalue weighted by Gasteiger charge is 2.24. The van der Waals surface area contributed by atoms with Gasteiger partial charge in [0.25, 0.3) is 0 Å². The van der Waals surface area contributed by atoms with E-state index in [4.69, 9.17) is 5.14 Å². The minimum absolute atomic E-state index is 0.00199. The number of sulfonamides is 1. The van der Waals surface area contributed by atoms with Crippen LogP contribution in [0.4, 0.5) is 5.69 Å². The lowest BCUT2D eigenvalue weighted by Gasteiger charge is -2.15. The number of thioether (sulfide) groups is 1. The monoisotopic (exact) mass is 314 g/mol. The van der Waals surface area contributed by atoms with Gasteiger partial charge in [-0.3, -0.25) is 4.79 Å². The Morgan fingerprint density at radius 2 is 2.10 bits per heavy atom. The first kappa shape index (κ1) is 15.3. The number of anilines is 1. The zero-order valence-corrected chi connectivity index (χ0v) is 13.1. The minimum Gasteiger partial charge on any atom is -0.326 e. The lowest BCUT2D eigenvalue weighted by molar-refractivity contribution is -0.119. The fourth-order valence-corrected chi connectivity index (χ4v) is 3.94. The van der Waals surface area contributed by atoms with Crippen LogP contribution in [0.1, 0.15) is 17.5 Å². The van der Waals surface area contributed by atoms with Gasteiger partial charge in [-0.05, 0) is 49.3 Å². The van der Waals surface area contributed by atoms with Crippen molar-refractivity contribution in [2.75, 3.05) is 16.8 Å². The van der Waals surface area contributed by atoms with Crippen molar-refractivity contribution < 1.29 is 13.2 Å². The molecule has 5 nitrogen and oxygen atoms in total. The first-order valence-corrected chi connectivity index (χ1v) is 9.02. The van der Waals surface area contributed by atoms with Crippen LogP contribution in [0.2, 0.25) is 0 Å². The van der Waals surface area contributed by atoms with Gasteiger partial charge in [0.15, 0.2) is 0 Å². The molecule has 110 valence electrons. The van der Waals surface area contributed by atoms with Gasteiger partial charge in [0.1, 0.15) is 0 Å². The lowest BCUT2D eigenvalue weighted by atomic mass is 10.1. The van der Waals surface area contributed by atoms with Crippen LogP contribution < -0.4 is 10.5 Å². The van der Waals surface area contributed by atoms with Gasteiger partial charge in [-0.2, -0.15) is 11.8 Å². The summed E-state index contributed by atoms with van der Waals surface area (Å²) in [5.74, 6) is 1.76. The second-order valence-electron chi connectivity index (χ2n) is 5.01. The standard InChI is InChI=1S/C13H18N2O3S2/c1-8-5-11(20(14,17)18)6-12(9(8)2)15-13(16)10-3-4-19-7-10/h5-6,10H,3-4,7H2,1-2H3,(H,15,16)(H2,14,17,18). The fraction of sp³-hybridized carbons (Fsp3) is 0.462. The van der Waals surface area contributed by atoms with E-state index < -0.39 is 10.0 Å². The van der Waals surface area contributed by atoms with Gasteiger partial charge < -0.3 is 5.32 Å². The van der Waals surface area contributed by atoms with Crippen molar-refractivity contribution in [2.45, 2.75) is 25.2 Å². The molecule has 1 atom stereocenters. The molecule has 1 aliphatic heterocycles. The Morgan fingerprint density at radius 3 is 2.65 bits per heavy atom. The van der Waals surface area contributed by atoms with Gasteiger partial charge in [0.2, 0.25) is 15.9 Å². The van der Waals surface area contributed by atoms with E-state index in [1.165, 1.54) is 12.1 Å². The van der Waals surface area contributed by atoms with E-state index in [-0.39, 0.29) is 16.7 Å². The van der Waals surface area contributed by atoms with Crippen molar-refractivity contribution in [1.82, 2.24) is 0 Å². The molecule has 1 heterocycles. The summed E-state index contributed by atoms with van der Waals surface area (Å²) in [7, 11) is -3.77. The zero-order chi connectivity index (χ0) is 14.9. The van der Waals surface area contributed by atoms with Crippen LogP contribution in [-0.2, 0) is 14.8 Å². The fourth-order valence-electron chi connectivity index (χ4n) is 2.10. The molecule has 20 heavy (non-hydrogen) atoms. The number of nitrogens with one attached hydrogen (secondary N) is 1. The van der Waals surface area contributed by atoms with Crippen LogP contribution in [0, 0.1) is 19.8 Å². The number of primary sulfonamides is 1. The molecule has 0 saturated carbocycles. The molecule has 0 spiro atoms. The van der Waals surface area contributed by atoms with Gasteiger partial charge in [-0.15, -0.1) is 0 Å². The lowest BCUT2D eigenvalue weighted by Crippen LogP contribution is -2.23. The summed E-state index contributed by atoms with van der Waals surface area (Å²) in [5, 5.41) is 7.99. The van der Waals surface area contributed by atoms with Crippen LogP contribution >= 0.6 is 11.8 Å². The highest BCUT2D eigenvalue weighted by molar-refractivity contribution is 7.99. The Kier molecular flexibility index (Phi) is 4.41. The van der Waals surface area contributed by atoms with E-state index in [0.29, 0.717) is 5.69 Å². The maximum Gasteiger partial charge on any atom is 0.238 e. The Balaban J connectivity index is 2.31. The van der Waals surface area contributed by atoms with Crippen LogP contribution in [0.15, 0.2) is 17.0 Å². The Bertz CT molecular complexity index is 635. The zero-order valence-electron chi connectivity index (χ0n) is 11.5. The number of nitrogens with two attached hydrogens (primary N) is 1. The van der Waals surface area contributed by atoms with Gasteiger partial charge >= 0.3 is 0 Å². The molecule has 0 bridgehead atoms. The largest absolute Gasteiger partial charge is 0.326 e. The topological polar surface area (TPSA) is 89.3 Å². The predicted molar refractivity (Wildman–Crippen MR) is 81.4 cm³/mol. The van der Waals surface area contributed by atoms with Crippen molar-refractivity contribution >= 4 is 33.4 Å². The van der Waals surface area contributed by atoms with Crippen LogP contribution in [0.5, 0.6) is 0 Å². The van der Waals surface area contributed by atoms with Crippen LogP contribution in [-0.4, -0.2) is 25.8 Å². The maximum atomic E-state index is 12.1. The van der Waals surface area contributed by atoms with Gasteiger partial charge in [-0.1, -0.05) is 0 Å². The van der Waals surface area contributed by atoms with E-state index in [2.05, 4.69) is 5.32 Å². The molecule has 7 heteroatoms. The molecule has 1 unspecified atom stereocenters. The SMILES string of the molecule is Cc1cc(S(N)(=O)=O)cc(NC(=O)C2CCSC2)c1C. The second kappa shape index (κ2) is 5.75. The number of hydrogen-bond acceptors (Lipinski definition) is 4. The van der Waals surface area contributed by atoms with Gasteiger partial charge in [0, 0.05) is 17.4 Å². The molecule has 1 aromatic rings. The third kappa shape index (κ3) is 3.34. The number of benzene rings is 1. The molecule has 1 saturated heterocycles. The van der Waals surface area contributed by atoms with Crippen molar-refractivity contribution in [1.29, 1.82) is 0 Å². The quantitative estimate of drug-likeness (QED) is 0.887. The molecule has 0 aromatic heterocycles. The van der Waals surface area contributed by atoms with E-state index in [9.17, 15) is 13.2 Å². The van der Waals surface area contributed by atoms with Crippen molar-refractivity contribution in [2.24, 2.45) is 11.1 Å². The average Bonchev–Trinajstić information content (AvgIpc) is 2.87. The summed E-state index contributed by atoms with van der Waals surface area (Å²) in [6, 6.07) is 2.95. The van der Waals surface area contributed by atoms with Crippen molar-refractivity contribution in [3.63, 3.8) is 0 Å². The normalized spacial score (nSPS) is 19.1. The average molecular weight is 314 g/mol. The molecule has 1 aliphatic rings. The summed E-state index contributed by atoms with van der Waals surface area (Å²) in [4.78, 5) is 12.2. The molecule has 1 aromatic carbocycles. The summed E-state index contributed by atoms with van der Waals surface area (Å²) in [6.45, 7) is 3.65. The molecule has 2 rings (SSSR count). The third-order valence-corrected chi connectivity index (χ3v) is 5.58. The maximum absolute atomic E-state index is 12.1. The third-order valence-electron chi connectivity index (χ3n) is 3.53. The van der Waals surface area contributed by atoms with Crippen molar-refractivity contribution in [3.8, 4) is 0 Å². The number of carbonyl (C=O) groups is 1. The smallest absolute Gasteiger partial charge is 0.238 e. The van der Waals surface area contributed by atoms with E-state index in [1.54, 1.807) is 18.7 Å². The molecular weight excluding hydrogens is 296 g/mol. The molecule has 0 radical (unpaired) electrons. The Morgan fingerprint density at radius 1 is 1.40 bits per heavy atom. The number of hydrogen-bond donors (Lipinski definition) is 2. The Labute approximate surface area is 123 Å². The molecule has 0 aliphatic carbocycles. The van der Waals surface area contributed by atoms with Gasteiger partial charge in [-0.25, -0.2) is 13.6 Å². The molecular formula is C13H18N2O3S2. The van der Waals surface area contributed by atoms with Gasteiger partial charge in [0.05, 0.1) is 4.90 Å². The number of aryl methyl sites for hydroxylation is 1. The molecule has 3 N–H and O–H groups in total.